The summed E-state index contributed by atoms with van der Waals surface area (Å²) in [5, 5.41) is 8.36. The quantitative estimate of drug-likeness (QED) is 0.897. The fourth-order valence-corrected chi connectivity index (χ4v) is 4.66. The molecule has 0 radical (unpaired) electrons. The summed E-state index contributed by atoms with van der Waals surface area (Å²) in [7, 11) is 1.69. The molecular formula is C17H25N3OS. The Bertz CT molecular complexity index is 662. The topological polar surface area (TPSA) is 46.2 Å². The van der Waals surface area contributed by atoms with Gasteiger partial charge in [0.15, 0.2) is 5.13 Å². The smallest absolute Gasteiger partial charge is 0.184 e. The summed E-state index contributed by atoms with van der Waals surface area (Å²) in [6, 6.07) is 6.47. The SMILES string of the molecule is COc1ccc2nc(NC3CC(C)(C)NC(C)(C)C3)sc2c1. The molecule has 0 aliphatic carbocycles. The van der Waals surface area contributed by atoms with Gasteiger partial charge < -0.3 is 15.4 Å². The average molecular weight is 319 g/mol. The first-order chi connectivity index (χ1) is 10.3. The Morgan fingerprint density at radius 3 is 2.55 bits per heavy atom. The maximum absolute atomic E-state index is 5.29. The number of ether oxygens (including phenoxy) is 1. The van der Waals surface area contributed by atoms with Crippen LogP contribution < -0.4 is 15.4 Å². The highest BCUT2D eigenvalue weighted by molar-refractivity contribution is 7.22. The lowest BCUT2D eigenvalue weighted by molar-refractivity contribution is 0.170. The number of hydrogen-bond donors (Lipinski definition) is 2. The van der Waals surface area contributed by atoms with E-state index < -0.39 is 0 Å². The number of nitrogens with zero attached hydrogens (tertiary/aromatic N) is 1. The van der Waals surface area contributed by atoms with Crippen LogP contribution in [0.15, 0.2) is 18.2 Å². The van der Waals surface area contributed by atoms with E-state index in [1.54, 1.807) is 18.4 Å². The molecule has 22 heavy (non-hydrogen) atoms. The predicted molar refractivity (Wildman–Crippen MR) is 94.1 cm³/mol. The van der Waals surface area contributed by atoms with Gasteiger partial charge in [-0.15, -0.1) is 0 Å². The molecule has 1 aromatic heterocycles. The van der Waals surface area contributed by atoms with Crippen LogP contribution in [0.3, 0.4) is 0 Å². The number of hydrogen-bond acceptors (Lipinski definition) is 5. The molecule has 2 heterocycles. The molecule has 0 amide bonds. The number of thiazole rings is 1. The van der Waals surface area contributed by atoms with Crippen molar-refractivity contribution in [3.8, 4) is 5.75 Å². The number of anilines is 1. The fraction of sp³-hybridized carbons (Fsp3) is 0.588. The van der Waals surface area contributed by atoms with Crippen LogP contribution in [0.2, 0.25) is 0 Å². The summed E-state index contributed by atoms with van der Waals surface area (Å²) in [6.07, 6.45) is 2.19. The van der Waals surface area contributed by atoms with Crippen molar-refractivity contribution in [3.05, 3.63) is 18.2 Å². The van der Waals surface area contributed by atoms with Crippen molar-refractivity contribution in [2.45, 2.75) is 57.7 Å². The number of methoxy groups -OCH3 is 1. The van der Waals surface area contributed by atoms with E-state index in [1.165, 1.54) is 0 Å². The summed E-state index contributed by atoms with van der Waals surface area (Å²) in [6.45, 7) is 9.08. The van der Waals surface area contributed by atoms with Crippen LogP contribution in [0.1, 0.15) is 40.5 Å². The van der Waals surface area contributed by atoms with Gasteiger partial charge in [0.1, 0.15) is 5.75 Å². The summed E-state index contributed by atoms with van der Waals surface area (Å²) < 4.78 is 6.45. The first-order valence-electron chi connectivity index (χ1n) is 7.77. The average Bonchev–Trinajstić information content (AvgIpc) is 2.75. The lowest BCUT2D eigenvalue weighted by atomic mass is 9.80. The van der Waals surface area contributed by atoms with Crippen molar-refractivity contribution in [1.29, 1.82) is 0 Å². The van der Waals surface area contributed by atoms with Gasteiger partial charge in [0.2, 0.25) is 0 Å². The molecule has 2 aromatic rings. The van der Waals surface area contributed by atoms with Gasteiger partial charge in [0.25, 0.3) is 0 Å². The normalized spacial score (nSPS) is 21.0. The van der Waals surface area contributed by atoms with Gasteiger partial charge in [0, 0.05) is 17.1 Å². The van der Waals surface area contributed by atoms with Gasteiger partial charge in [-0.25, -0.2) is 4.98 Å². The molecule has 1 aliphatic rings. The van der Waals surface area contributed by atoms with E-state index in [-0.39, 0.29) is 11.1 Å². The predicted octanol–water partition coefficient (Wildman–Crippen LogP) is 4.03. The van der Waals surface area contributed by atoms with Crippen molar-refractivity contribution in [2.75, 3.05) is 12.4 Å². The minimum atomic E-state index is 0.138. The third-order valence-corrected chi connectivity index (χ3v) is 5.06. The Morgan fingerprint density at radius 2 is 1.91 bits per heavy atom. The second kappa shape index (κ2) is 5.39. The highest BCUT2D eigenvalue weighted by Crippen LogP contribution is 2.33. The van der Waals surface area contributed by atoms with Gasteiger partial charge in [-0.3, -0.25) is 0 Å². The molecule has 3 rings (SSSR count). The van der Waals surface area contributed by atoms with E-state index in [0.717, 1.165) is 33.9 Å². The van der Waals surface area contributed by atoms with Crippen molar-refractivity contribution in [3.63, 3.8) is 0 Å². The van der Waals surface area contributed by atoms with Crippen molar-refractivity contribution < 1.29 is 4.74 Å². The van der Waals surface area contributed by atoms with E-state index in [4.69, 9.17) is 9.72 Å². The van der Waals surface area contributed by atoms with Gasteiger partial charge >= 0.3 is 0 Å². The standard InChI is InChI=1S/C17H25N3OS/c1-16(2)9-11(10-17(3,4)20-16)18-15-19-13-7-6-12(21-5)8-14(13)22-15/h6-8,11,20H,9-10H2,1-5H3,(H,18,19). The Kier molecular flexibility index (Phi) is 3.81. The van der Waals surface area contributed by atoms with Crippen LogP contribution in [0, 0.1) is 0 Å². The summed E-state index contributed by atoms with van der Waals surface area (Å²) >= 11 is 1.70. The lowest BCUT2D eigenvalue weighted by Crippen LogP contribution is -2.60. The van der Waals surface area contributed by atoms with E-state index >= 15 is 0 Å². The molecule has 2 N–H and O–H groups in total. The summed E-state index contributed by atoms with van der Waals surface area (Å²) in [4.78, 5) is 4.71. The zero-order chi connectivity index (χ0) is 16.0. The monoisotopic (exact) mass is 319 g/mol. The Hall–Kier alpha value is -1.33. The first kappa shape index (κ1) is 15.6. The van der Waals surface area contributed by atoms with Gasteiger partial charge in [-0.1, -0.05) is 11.3 Å². The van der Waals surface area contributed by atoms with Crippen LogP contribution in [0.4, 0.5) is 5.13 Å². The van der Waals surface area contributed by atoms with Gasteiger partial charge in [-0.05, 0) is 58.7 Å². The van der Waals surface area contributed by atoms with E-state index in [0.29, 0.717) is 6.04 Å². The molecule has 4 nitrogen and oxygen atoms in total. The van der Waals surface area contributed by atoms with Crippen molar-refractivity contribution in [2.24, 2.45) is 0 Å². The van der Waals surface area contributed by atoms with E-state index in [2.05, 4.69) is 44.4 Å². The molecule has 0 unspecified atom stereocenters. The van der Waals surface area contributed by atoms with Crippen LogP contribution >= 0.6 is 11.3 Å². The second-order valence-corrected chi connectivity index (χ2v) is 8.53. The van der Waals surface area contributed by atoms with Crippen LogP contribution in [0.5, 0.6) is 5.75 Å². The number of piperidine rings is 1. The number of aromatic nitrogens is 1. The molecule has 0 bridgehead atoms. The van der Waals surface area contributed by atoms with E-state index in [9.17, 15) is 0 Å². The van der Waals surface area contributed by atoms with E-state index in [1.807, 2.05) is 12.1 Å². The molecule has 5 heteroatoms. The molecule has 120 valence electrons. The largest absolute Gasteiger partial charge is 0.497 e. The number of benzene rings is 1. The van der Waals surface area contributed by atoms with Crippen LogP contribution in [0.25, 0.3) is 10.2 Å². The second-order valence-electron chi connectivity index (χ2n) is 7.49. The van der Waals surface area contributed by atoms with Gasteiger partial charge in [0.05, 0.1) is 17.3 Å². The van der Waals surface area contributed by atoms with Gasteiger partial charge in [-0.2, -0.15) is 0 Å². The zero-order valence-corrected chi connectivity index (χ0v) is 14.8. The van der Waals surface area contributed by atoms with Crippen molar-refractivity contribution in [1.82, 2.24) is 10.3 Å². The van der Waals surface area contributed by atoms with Crippen LogP contribution in [-0.2, 0) is 0 Å². The minimum absolute atomic E-state index is 0.138. The third kappa shape index (κ3) is 3.36. The molecule has 0 saturated carbocycles. The maximum Gasteiger partial charge on any atom is 0.184 e. The minimum Gasteiger partial charge on any atom is -0.497 e. The molecule has 0 atom stereocenters. The first-order valence-corrected chi connectivity index (χ1v) is 8.58. The molecule has 1 aliphatic heterocycles. The molecule has 1 fully saturated rings. The summed E-state index contributed by atoms with van der Waals surface area (Å²) in [5.41, 5.74) is 1.30. The lowest BCUT2D eigenvalue weighted by Gasteiger charge is -2.46. The highest BCUT2D eigenvalue weighted by Gasteiger charge is 2.37. The van der Waals surface area contributed by atoms with Crippen LogP contribution in [-0.4, -0.2) is 29.2 Å². The number of fused-ring (bicyclic) bond motifs is 1. The highest BCUT2D eigenvalue weighted by atomic mass is 32.1. The molecular weight excluding hydrogens is 294 g/mol. The molecule has 1 saturated heterocycles. The Balaban J connectivity index is 1.80. The number of nitrogens with one attached hydrogen (secondary N) is 2. The maximum atomic E-state index is 5.29. The molecule has 1 aromatic carbocycles. The summed E-state index contributed by atoms with van der Waals surface area (Å²) in [5.74, 6) is 0.881. The fourth-order valence-electron chi connectivity index (χ4n) is 3.69. The zero-order valence-electron chi connectivity index (χ0n) is 14.0. The Morgan fingerprint density at radius 1 is 1.23 bits per heavy atom. The number of rotatable bonds is 3. The molecule has 0 spiro atoms. The third-order valence-electron chi connectivity index (χ3n) is 4.11. The van der Waals surface area contributed by atoms with Crippen molar-refractivity contribution >= 4 is 26.7 Å². The Labute approximate surface area is 136 Å².